The first-order chi connectivity index (χ1) is 9.45. The summed E-state index contributed by atoms with van der Waals surface area (Å²) in [6, 6.07) is 7.79. The summed E-state index contributed by atoms with van der Waals surface area (Å²) in [5.74, 6) is -1.22. The maximum atomic E-state index is 13.0. The first-order valence-electron chi connectivity index (χ1n) is 7.14. The van der Waals surface area contributed by atoms with Crippen molar-refractivity contribution < 1.29 is 9.18 Å². The molecule has 2 unspecified atom stereocenters. The molecule has 2 rings (SSSR count). The Morgan fingerprint density at radius 3 is 2.55 bits per heavy atom. The zero-order chi connectivity index (χ0) is 14.8. The van der Waals surface area contributed by atoms with Gasteiger partial charge in [-0.15, -0.1) is 0 Å². The molecular formula is C17H20FNO. The van der Waals surface area contributed by atoms with Crippen molar-refractivity contribution in [2.24, 2.45) is 11.3 Å². The highest BCUT2D eigenvalue weighted by Gasteiger charge is 2.40. The monoisotopic (exact) mass is 273 g/mol. The molecule has 2 nitrogen and oxygen atoms in total. The molecule has 0 N–H and O–H groups in total. The van der Waals surface area contributed by atoms with E-state index in [2.05, 4.69) is 19.9 Å². The number of carbonyl (C=O) groups is 1. The fraction of sp³-hybridized carbons (Fsp3) is 0.529. The molecule has 1 saturated carbocycles. The van der Waals surface area contributed by atoms with Crippen LogP contribution in [0.15, 0.2) is 24.3 Å². The van der Waals surface area contributed by atoms with Gasteiger partial charge in [-0.1, -0.05) is 38.8 Å². The smallest absolute Gasteiger partial charge is 0.158 e. The molecule has 1 aliphatic carbocycles. The van der Waals surface area contributed by atoms with E-state index in [0.717, 1.165) is 25.7 Å². The van der Waals surface area contributed by atoms with Crippen LogP contribution in [0.2, 0.25) is 0 Å². The molecule has 3 heteroatoms. The van der Waals surface area contributed by atoms with E-state index in [0.29, 0.717) is 5.56 Å². The van der Waals surface area contributed by atoms with Crippen molar-refractivity contribution >= 4 is 5.78 Å². The Bertz CT molecular complexity index is 527. The van der Waals surface area contributed by atoms with Gasteiger partial charge in [0, 0.05) is 5.92 Å². The predicted octanol–water partition coefficient (Wildman–Crippen LogP) is 4.22. The largest absolute Gasteiger partial charge is 0.298 e. The van der Waals surface area contributed by atoms with Crippen molar-refractivity contribution in [3.8, 4) is 6.07 Å². The Hall–Kier alpha value is -1.69. The molecule has 0 radical (unpaired) electrons. The van der Waals surface area contributed by atoms with E-state index in [1.54, 1.807) is 0 Å². The number of nitriles is 1. The number of halogens is 1. The molecule has 1 fully saturated rings. The second kappa shape index (κ2) is 5.75. The zero-order valence-electron chi connectivity index (χ0n) is 12.0. The van der Waals surface area contributed by atoms with Gasteiger partial charge in [0.25, 0.3) is 0 Å². The third kappa shape index (κ3) is 2.90. The van der Waals surface area contributed by atoms with Crippen LogP contribution in [0, 0.1) is 28.5 Å². The number of benzene rings is 1. The average Bonchev–Trinajstić information content (AvgIpc) is 2.41. The van der Waals surface area contributed by atoms with Crippen LogP contribution < -0.4 is 0 Å². The van der Waals surface area contributed by atoms with Gasteiger partial charge < -0.3 is 0 Å². The minimum absolute atomic E-state index is 0.0104. The number of nitrogens with zero attached hydrogens (tertiary/aromatic N) is 1. The summed E-state index contributed by atoms with van der Waals surface area (Å²) in [5, 5.41) is 9.36. The van der Waals surface area contributed by atoms with Crippen molar-refractivity contribution in [1.82, 2.24) is 0 Å². The lowest BCUT2D eigenvalue weighted by Gasteiger charge is -2.38. The molecule has 1 aromatic carbocycles. The number of ketones is 1. The summed E-state index contributed by atoms with van der Waals surface area (Å²) in [6.07, 6.45) is 4.06. The Balaban J connectivity index is 2.25. The van der Waals surface area contributed by atoms with Crippen molar-refractivity contribution in [3.05, 3.63) is 35.6 Å². The number of hydrogen-bond acceptors (Lipinski definition) is 2. The van der Waals surface area contributed by atoms with Crippen molar-refractivity contribution in [2.75, 3.05) is 0 Å². The van der Waals surface area contributed by atoms with Crippen molar-refractivity contribution in [3.63, 3.8) is 0 Å². The van der Waals surface area contributed by atoms with Gasteiger partial charge in [0.05, 0.1) is 6.07 Å². The fourth-order valence-corrected chi connectivity index (χ4v) is 3.18. The van der Waals surface area contributed by atoms with Crippen molar-refractivity contribution in [1.29, 1.82) is 5.26 Å². The number of Topliss-reactive ketones (excluding diaryl/α,β-unsaturated/α-hetero) is 1. The highest BCUT2D eigenvalue weighted by molar-refractivity contribution is 5.91. The van der Waals surface area contributed by atoms with E-state index in [1.165, 1.54) is 24.3 Å². The lowest BCUT2D eigenvalue weighted by atomic mass is 9.65. The lowest BCUT2D eigenvalue weighted by Crippen LogP contribution is -2.36. The number of rotatable bonds is 3. The SMILES string of the molecule is CC1(C)CCCCC1C(=O)C(C#N)c1ccc(F)cc1. The summed E-state index contributed by atoms with van der Waals surface area (Å²) < 4.78 is 13.0. The van der Waals surface area contributed by atoms with Gasteiger partial charge in [0.2, 0.25) is 0 Å². The minimum atomic E-state index is -0.780. The topological polar surface area (TPSA) is 40.9 Å². The Labute approximate surface area is 119 Å². The second-order valence-electron chi connectivity index (χ2n) is 6.30. The van der Waals surface area contributed by atoms with Crippen molar-refractivity contribution in [2.45, 2.75) is 45.4 Å². The summed E-state index contributed by atoms with van der Waals surface area (Å²) in [6.45, 7) is 4.21. The maximum absolute atomic E-state index is 13.0. The van der Waals surface area contributed by atoms with E-state index in [-0.39, 0.29) is 22.9 Å². The molecular weight excluding hydrogens is 253 g/mol. The summed E-state index contributed by atoms with van der Waals surface area (Å²) in [5.41, 5.74) is 0.546. The molecule has 20 heavy (non-hydrogen) atoms. The van der Waals surface area contributed by atoms with Crippen LogP contribution in [-0.4, -0.2) is 5.78 Å². The van der Waals surface area contributed by atoms with Crippen LogP contribution in [0.4, 0.5) is 4.39 Å². The van der Waals surface area contributed by atoms with Gasteiger partial charge in [-0.25, -0.2) is 4.39 Å². The first-order valence-corrected chi connectivity index (χ1v) is 7.14. The van der Waals surface area contributed by atoms with E-state index < -0.39 is 5.92 Å². The summed E-state index contributed by atoms with van der Waals surface area (Å²) >= 11 is 0. The Kier molecular flexibility index (Phi) is 4.23. The second-order valence-corrected chi connectivity index (χ2v) is 6.30. The lowest BCUT2D eigenvalue weighted by molar-refractivity contribution is -0.128. The maximum Gasteiger partial charge on any atom is 0.158 e. The molecule has 0 heterocycles. The van der Waals surface area contributed by atoms with Crippen LogP contribution in [0.1, 0.15) is 51.0 Å². The Morgan fingerprint density at radius 1 is 1.35 bits per heavy atom. The minimum Gasteiger partial charge on any atom is -0.298 e. The van der Waals surface area contributed by atoms with E-state index in [9.17, 15) is 14.4 Å². The molecule has 0 aliphatic heterocycles. The fourth-order valence-electron chi connectivity index (χ4n) is 3.18. The van der Waals surface area contributed by atoms with Gasteiger partial charge >= 0.3 is 0 Å². The average molecular weight is 273 g/mol. The standard InChI is InChI=1S/C17H20FNO/c1-17(2)10-4-3-5-15(17)16(20)14(11-19)12-6-8-13(18)9-7-12/h6-9,14-15H,3-5,10H2,1-2H3. The van der Waals surface area contributed by atoms with Crippen LogP contribution in [0.5, 0.6) is 0 Å². The molecule has 1 aliphatic rings. The van der Waals surface area contributed by atoms with Gasteiger partial charge in [-0.05, 0) is 36.0 Å². The predicted molar refractivity (Wildman–Crippen MR) is 75.5 cm³/mol. The normalized spacial score (nSPS) is 22.8. The molecule has 0 saturated heterocycles. The quantitative estimate of drug-likeness (QED) is 0.827. The van der Waals surface area contributed by atoms with Gasteiger partial charge in [0.15, 0.2) is 5.78 Å². The van der Waals surface area contributed by atoms with Crippen LogP contribution in [-0.2, 0) is 4.79 Å². The molecule has 0 amide bonds. The van der Waals surface area contributed by atoms with E-state index in [4.69, 9.17) is 0 Å². The molecule has 1 aromatic rings. The summed E-state index contributed by atoms with van der Waals surface area (Å²) in [7, 11) is 0. The zero-order valence-corrected chi connectivity index (χ0v) is 12.0. The number of hydrogen-bond donors (Lipinski definition) is 0. The first kappa shape index (κ1) is 14.7. The molecule has 0 aromatic heterocycles. The Morgan fingerprint density at radius 2 is 2.00 bits per heavy atom. The highest BCUT2D eigenvalue weighted by Crippen LogP contribution is 2.43. The van der Waals surface area contributed by atoms with Gasteiger partial charge in [-0.2, -0.15) is 5.26 Å². The molecule has 106 valence electrons. The third-order valence-electron chi connectivity index (χ3n) is 4.47. The van der Waals surface area contributed by atoms with E-state index >= 15 is 0 Å². The molecule has 0 bridgehead atoms. The van der Waals surface area contributed by atoms with Crippen LogP contribution >= 0.6 is 0 Å². The van der Waals surface area contributed by atoms with Gasteiger partial charge in [0.1, 0.15) is 11.7 Å². The van der Waals surface area contributed by atoms with Gasteiger partial charge in [-0.3, -0.25) is 4.79 Å². The number of carbonyl (C=O) groups excluding carboxylic acids is 1. The third-order valence-corrected chi connectivity index (χ3v) is 4.47. The highest BCUT2D eigenvalue weighted by atomic mass is 19.1. The van der Waals surface area contributed by atoms with E-state index in [1.807, 2.05) is 0 Å². The van der Waals surface area contributed by atoms with Crippen LogP contribution in [0.25, 0.3) is 0 Å². The summed E-state index contributed by atoms with van der Waals surface area (Å²) in [4.78, 5) is 12.7. The molecule has 0 spiro atoms. The van der Waals surface area contributed by atoms with Crippen LogP contribution in [0.3, 0.4) is 0 Å². The molecule has 2 atom stereocenters.